The molecule has 2 aromatic rings. The van der Waals surface area contributed by atoms with Crippen molar-refractivity contribution in [1.29, 1.82) is 0 Å². The number of benzene rings is 1. The van der Waals surface area contributed by atoms with Crippen molar-refractivity contribution < 1.29 is 14.0 Å². The van der Waals surface area contributed by atoms with Crippen LogP contribution < -0.4 is 9.47 Å². The van der Waals surface area contributed by atoms with Crippen LogP contribution in [0.25, 0.3) is 0 Å². The first kappa shape index (κ1) is 11.7. The summed E-state index contributed by atoms with van der Waals surface area (Å²) in [5, 5.41) is 3.66. The van der Waals surface area contributed by atoms with Gasteiger partial charge in [0.25, 0.3) is 5.89 Å². The molecule has 0 bridgehead atoms. The van der Waals surface area contributed by atoms with Crippen LogP contribution in [0.4, 0.5) is 0 Å². The average Bonchev–Trinajstić information content (AvgIpc) is 2.84. The first-order valence-corrected chi connectivity index (χ1v) is 5.50. The average molecular weight is 255 g/mol. The zero-order valence-electron chi connectivity index (χ0n) is 9.22. The number of rotatable bonds is 5. The van der Waals surface area contributed by atoms with Gasteiger partial charge >= 0.3 is 0 Å². The standard InChI is InChI=1S/C11H11ClN2O3/c1-15-8-4-2-3-5-9(8)16-7-11-13-10(6-12)14-17-11/h2-5H,6-7H2,1H3. The Morgan fingerprint density at radius 3 is 2.71 bits per heavy atom. The quantitative estimate of drug-likeness (QED) is 0.767. The Hall–Kier alpha value is -1.75. The van der Waals surface area contributed by atoms with Crippen LogP contribution in [0.3, 0.4) is 0 Å². The second kappa shape index (κ2) is 5.54. The van der Waals surface area contributed by atoms with E-state index in [0.29, 0.717) is 23.2 Å². The lowest BCUT2D eigenvalue weighted by atomic mass is 10.3. The number of nitrogens with zero attached hydrogens (tertiary/aromatic N) is 2. The number of aromatic nitrogens is 2. The number of methoxy groups -OCH3 is 1. The molecule has 1 heterocycles. The van der Waals surface area contributed by atoms with Crippen molar-refractivity contribution in [2.75, 3.05) is 7.11 Å². The van der Waals surface area contributed by atoms with Gasteiger partial charge in [-0.05, 0) is 12.1 Å². The van der Waals surface area contributed by atoms with Gasteiger partial charge in [0.1, 0.15) is 0 Å². The Morgan fingerprint density at radius 1 is 1.29 bits per heavy atom. The number of hydrogen-bond donors (Lipinski definition) is 0. The molecule has 0 saturated heterocycles. The molecule has 0 aliphatic rings. The van der Waals surface area contributed by atoms with Gasteiger partial charge in [0.15, 0.2) is 23.9 Å². The minimum Gasteiger partial charge on any atom is -0.493 e. The van der Waals surface area contributed by atoms with Crippen LogP contribution in [0.1, 0.15) is 11.7 Å². The van der Waals surface area contributed by atoms with Gasteiger partial charge < -0.3 is 14.0 Å². The summed E-state index contributed by atoms with van der Waals surface area (Å²) in [5.74, 6) is 2.33. The molecular formula is C11H11ClN2O3. The van der Waals surface area contributed by atoms with E-state index in [0.717, 1.165) is 0 Å². The molecule has 0 spiro atoms. The van der Waals surface area contributed by atoms with E-state index in [4.69, 9.17) is 25.6 Å². The highest BCUT2D eigenvalue weighted by molar-refractivity contribution is 6.16. The Labute approximate surface area is 103 Å². The van der Waals surface area contributed by atoms with Crippen LogP contribution in [-0.4, -0.2) is 17.3 Å². The normalized spacial score (nSPS) is 10.2. The SMILES string of the molecule is COc1ccccc1OCc1nc(CCl)no1. The lowest BCUT2D eigenvalue weighted by Crippen LogP contribution is -1.97. The van der Waals surface area contributed by atoms with Crippen LogP contribution in [-0.2, 0) is 12.5 Å². The molecule has 2 rings (SSSR count). The maximum absolute atomic E-state index is 5.56. The molecule has 5 nitrogen and oxygen atoms in total. The number of alkyl halides is 1. The van der Waals surface area contributed by atoms with Gasteiger partial charge in [0.2, 0.25) is 0 Å². The Bertz CT molecular complexity index is 487. The van der Waals surface area contributed by atoms with Crippen LogP contribution in [0.15, 0.2) is 28.8 Å². The minimum atomic E-state index is 0.185. The summed E-state index contributed by atoms with van der Waals surface area (Å²) in [6.45, 7) is 0.185. The van der Waals surface area contributed by atoms with Crippen molar-refractivity contribution in [3.05, 3.63) is 36.0 Å². The van der Waals surface area contributed by atoms with Crippen molar-refractivity contribution >= 4 is 11.6 Å². The Balaban J connectivity index is 2.01. The first-order valence-electron chi connectivity index (χ1n) is 4.96. The molecule has 0 atom stereocenters. The van der Waals surface area contributed by atoms with E-state index in [1.807, 2.05) is 18.2 Å². The van der Waals surface area contributed by atoms with Gasteiger partial charge in [-0.1, -0.05) is 17.3 Å². The molecule has 0 unspecified atom stereocenters. The maximum atomic E-state index is 5.56. The predicted octanol–water partition coefficient (Wildman–Crippen LogP) is 2.40. The van der Waals surface area contributed by atoms with E-state index >= 15 is 0 Å². The lowest BCUT2D eigenvalue weighted by molar-refractivity contribution is 0.233. The van der Waals surface area contributed by atoms with E-state index in [1.165, 1.54) is 0 Å². The molecule has 1 aromatic carbocycles. The lowest BCUT2D eigenvalue weighted by Gasteiger charge is -2.07. The number of para-hydroxylation sites is 2. The minimum absolute atomic E-state index is 0.185. The second-order valence-corrected chi connectivity index (χ2v) is 3.44. The maximum Gasteiger partial charge on any atom is 0.264 e. The molecule has 17 heavy (non-hydrogen) atoms. The van der Waals surface area contributed by atoms with Gasteiger partial charge in [0.05, 0.1) is 13.0 Å². The topological polar surface area (TPSA) is 57.4 Å². The molecule has 0 saturated carbocycles. The molecule has 0 aliphatic heterocycles. The summed E-state index contributed by atoms with van der Waals surface area (Å²) in [7, 11) is 1.58. The molecule has 6 heteroatoms. The van der Waals surface area contributed by atoms with Crippen molar-refractivity contribution in [3.63, 3.8) is 0 Å². The number of hydrogen-bond acceptors (Lipinski definition) is 5. The highest BCUT2D eigenvalue weighted by Crippen LogP contribution is 2.26. The van der Waals surface area contributed by atoms with Crippen LogP contribution in [0.2, 0.25) is 0 Å². The van der Waals surface area contributed by atoms with E-state index < -0.39 is 0 Å². The smallest absolute Gasteiger partial charge is 0.264 e. The third-order valence-electron chi connectivity index (χ3n) is 2.05. The predicted molar refractivity (Wildman–Crippen MR) is 61.2 cm³/mol. The van der Waals surface area contributed by atoms with Crippen LogP contribution >= 0.6 is 11.6 Å². The molecule has 0 aliphatic carbocycles. The molecule has 0 fully saturated rings. The van der Waals surface area contributed by atoms with Crippen molar-refractivity contribution in [3.8, 4) is 11.5 Å². The fraction of sp³-hybridized carbons (Fsp3) is 0.273. The monoisotopic (exact) mass is 254 g/mol. The number of halogens is 1. The largest absolute Gasteiger partial charge is 0.493 e. The highest BCUT2D eigenvalue weighted by atomic mass is 35.5. The van der Waals surface area contributed by atoms with E-state index in [9.17, 15) is 0 Å². The molecule has 1 aromatic heterocycles. The summed E-state index contributed by atoms with van der Waals surface area (Å²) in [6.07, 6.45) is 0. The summed E-state index contributed by atoms with van der Waals surface area (Å²) in [4.78, 5) is 4.02. The van der Waals surface area contributed by atoms with Gasteiger partial charge in [0, 0.05) is 0 Å². The van der Waals surface area contributed by atoms with Crippen molar-refractivity contribution in [2.24, 2.45) is 0 Å². The van der Waals surface area contributed by atoms with Gasteiger partial charge in [-0.2, -0.15) is 4.98 Å². The molecule has 90 valence electrons. The van der Waals surface area contributed by atoms with Crippen molar-refractivity contribution in [2.45, 2.75) is 12.5 Å². The van der Waals surface area contributed by atoms with E-state index in [2.05, 4.69) is 10.1 Å². The highest BCUT2D eigenvalue weighted by Gasteiger charge is 2.08. The fourth-order valence-electron chi connectivity index (χ4n) is 1.28. The van der Waals surface area contributed by atoms with Crippen molar-refractivity contribution in [1.82, 2.24) is 10.1 Å². The summed E-state index contributed by atoms with van der Waals surface area (Å²) in [6, 6.07) is 7.34. The zero-order valence-corrected chi connectivity index (χ0v) is 9.98. The molecule has 0 amide bonds. The second-order valence-electron chi connectivity index (χ2n) is 3.18. The Morgan fingerprint density at radius 2 is 2.06 bits per heavy atom. The summed E-state index contributed by atoms with van der Waals surface area (Å²) >= 11 is 5.56. The van der Waals surface area contributed by atoms with Gasteiger partial charge in [-0.3, -0.25) is 0 Å². The van der Waals surface area contributed by atoms with E-state index in [1.54, 1.807) is 13.2 Å². The van der Waals surface area contributed by atoms with Gasteiger partial charge in [-0.15, -0.1) is 11.6 Å². The molecule has 0 radical (unpaired) electrons. The first-order chi connectivity index (χ1) is 8.33. The molecular weight excluding hydrogens is 244 g/mol. The summed E-state index contributed by atoms with van der Waals surface area (Å²) < 4.78 is 15.6. The van der Waals surface area contributed by atoms with Gasteiger partial charge in [-0.25, -0.2) is 0 Å². The third-order valence-corrected chi connectivity index (χ3v) is 2.29. The molecule has 0 N–H and O–H groups in total. The fourth-order valence-corrected chi connectivity index (χ4v) is 1.39. The summed E-state index contributed by atoms with van der Waals surface area (Å²) in [5.41, 5.74) is 0. The van der Waals surface area contributed by atoms with Crippen LogP contribution in [0.5, 0.6) is 11.5 Å². The Kier molecular flexibility index (Phi) is 3.82. The number of ether oxygens (including phenoxy) is 2. The van der Waals surface area contributed by atoms with E-state index in [-0.39, 0.29) is 12.5 Å². The third kappa shape index (κ3) is 2.88. The van der Waals surface area contributed by atoms with Crippen LogP contribution in [0, 0.1) is 0 Å². The zero-order chi connectivity index (χ0) is 12.1.